The molecule has 54 heavy (non-hydrogen) atoms. The van der Waals surface area contributed by atoms with Gasteiger partial charge >= 0.3 is 65.7 Å². The van der Waals surface area contributed by atoms with Crippen molar-refractivity contribution in [2.75, 3.05) is 13.2 Å². The van der Waals surface area contributed by atoms with Gasteiger partial charge in [-0.05, 0) is 67.8 Å². The standard InChI is InChI=1S/C29H20F20O5/c30-21(31,23(34,35)25(38,39)26(40,41)27(42,43)29(47,48)49)12-2-1-3-13-52-17-8-4-16(5-9-17)20(51)54-18-10-6-15(7-11-18)19(50)53-14-22(32,33)24(36,37)28(44,45)46/h4-11H,1-3,12-14H2. The molecule has 2 aromatic rings. The van der Waals surface area contributed by atoms with Gasteiger partial charge in [-0.3, -0.25) is 0 Å². The van der Waals surface area contributed by atoms with Gasteiger partial charge in [0.1, 0.15) is 11.5 Å². The summed E-state index contributed by atoms with van der Waals surface area (Å²) >= 11 is 0. The van der Waals surface area contributed by atoms with Gasteiger partial charge in [-0.25, -0.2) is 9.59 Å². The van der Waals surface area contributed by atoms with Gasteiger partial charge in [-0.1, -0.05) is 0 Å². The summed E-state index contributed by atoms with van der Waals surface area (Å²) in [4.78, 5) is 24.2. The van der Waals surface area contributed by atoms with Crippen molar-refractivity contribution < 1.29 is 112 Å². The smallest absolute Gasteiger partial charge is 0.460 e. The molecule has 25 heteroatoms. The van der Waals surface area contributed by atoms with E-state index in [0.29, 0.717) is 0 Å². The molecule has 0 saturated carbocycles. The highest BCUT2D eigenvalue weighted by Gasteiger charge is 2.90. The van der Waals surface area contributed by atoms with Crippen LogP contribution in [0, 0.1) is 0 Å². The second-order valence-electron chi connectivity index (χ2n) is 10.9. The number of halogens is 20. The lowest BCUT2D eigenvalue weighted by Gasteiger charge is -2.39. The van der Waals surface area contributed by atoms with E-state index in [1.165, 1.54) is 0 Å². The minimum absolute atomic E-state index is 0.0441. The van der Waals surface area contributed by atoms with Gasteiger partial charge in [0.05, 0.1) is 17.7 Å². The molecule has 0 atom stereocenters. The molecule has 0 aliphatic rings. The van der Waals surface area contributed by atoms with Crippen molar-refractivity contribution in [1.29, 1.82) is 0 Å². The van der Waals surface area contributed by atoms with Crippen LogP contribution in [0.5, 0.6) is 11.5 Å². The van der Waals surface area contributed by atoms with Gasteiger partial charge in [0.15, 0.2) is 6.61 Å². The van der Waals surface area contributed by atoms with Crippen molar-refractivity contribution in [3.05, 3.63) is 59.7 Å². The van der Waals surface area contributed by atoms with Crippen LogP contribution in [0.2, 0.25) is 0 Å². The largest absolute Gasteiger partial charge is 0.494 e. The summed E-state index contributed by atoms with van der Waals surface area (Å²) in [5.41, 5.74) is -0.829. The van der Waals surface area contributed by atoms with Gasteiger partial charge in [0.2, 0.25) is 0 Å². The van der Waals surface area contributed by atoms with Crippen LogP contribution >= 0.6 is 0 Å². The Morgan fingerprint density at radius 2 is 0.870 bits per heavy atom. The Morgan fingerprint density at radius 3 is 1.33 bits per heavy atom. The van der Waals surface area contributed by atoms with E-state index in [4.69, 9.17) is 9.47 Å². The van der Waals surface area contributed by atoms with Crippen LogP contribution in [0.15, 0.2) is 48.5 Å². The molecule has 0 bridgehead atoms. The molecule has 0 amide bonds. The van der Waals surface area contributed by atoms with Crippen molar-refractivity contribution in [2.24, 2.45) is 0 Å². The lowest BCUT2D eigenvalue weighted by molar-refractivity contribution is -0.440. The third-order valence-corrected chi connectivity index (χ3v) is 6.99. The SMILES string of the molecule is O=C(OCC(F)(F)C(F)(F)C(F)(F)F)c1ccc(OC(=O)c2ccc(OCCCCCC(F)(F)C(F)(F)C(F)(F)C(F)(F)C(F)(F)C(F)(F)F)cc2)cc1. The number of hydrogen-bond donors (Lipinski definition) is 0. The number of hydrogen-bond acceptors (Lipinski definition) is 5. The third kappa shape index (κ3) is 9.17. The average Bonchev–Trinajstić information content (AvgIpc) is 3.04. The molecule has 5 nitrogen and oxygen atoms in total. The molecule has 0 saturated heterocycles. The quantitative estimate of drug-likeness (QED) is 0.0688. The number of benzene rings is 2. The van der Waals surface area contributed by atoms with Gasteiger partial charge in [-0.2, -0.15) is 87.8 Å². The molecule has 0 aliphatic heterocycles. The second kappa shape index (κ2) is 15.5. The first-order valence-corrected chi connectivity index (χ1v) is 14.2. The van der Waals surface area contributed by atoms with Gasteiger partial charge in [0.25, 0.3) is 0 Å². The van der Waals surface area contributed by atoms with Crippen LogP contribution in [-0.2, 0) is 4.74 Å². The van der Waals surface area contributed by atoms with Crippen LogP contribution in [-0.4, -0.2) is 79.0 Å². The summed E-state index contributed by atoms with van der Waals surface area (Å²) in [5, 5.41) is 0. The van der Waals surface area contributed by atoms with Crippen LogP contribution in [0.4, 0.5) is 87.8 Å². The highest BCUT2D eigenvalue weighted by Crippen LogP contribution is 2.61. The Hall–Kier alpha value is -4.22. The van der Waals surface area contributed by atoms with Crippen LogP contribution < -0.4 is 9.47 Å². The lowest BCUT2D eigenvalue weighted by atomic mass is 9.91. The van der Waals surface area contributed by atoms with Gasteiger partial charge in [-0.15, -0.1) is 0 Å². The number of rotatable bonds is 17. The first kappa shape index (κ1) is 45.9. The monoisotopic (exact) mass is 828 g/mol. The van der Waals surface area contributed by atoms with Crippen molar-refractivity contribution in [2.45, 2.75) is 79.5 Å². The number of unbranched alkanes of at least 4 members (excludes halogenated alkanes) is 2. The molecule has 0 radical (unpaired) electrons. The van der Waals surface area contributed by atoms with E-state index in [1.54, 1.807) is 0 Å². The van der Waals surface area contributed by atoms with E-state index in [-0.39, 0.29) is 23.5 Å². The molecule has 0 fully saturated rings. The van der Waals surface area contributed by atoms with E-state index >= 15 is 0 Å². The number of carbonyl (C=O) groups excluding carboxylic acids is 2. The Morgan fingerprint density at radius 1 is 0.444 bits per heavy atom. The molecule has 0 N–H and O–H groups in total. The lowest BCUT2D eigenvalue weighted by Crippen LogP contribution is -2.70. The van der Waals surface area contributed by atoms with Crippen LogP contribution in [0.1, 0.15) is 46.4 Å². The molecule has 0 spiro atoms. The number of esters is 2. The Kier molecular flexibility index (Phi) is 13.2. The molecule has 2 aromatic carbocycles. The number of carbonyl (C=O) groups is 2. The van der Waals surface area contributed by atoms with E-state index < -0.39 is 104 Å². The number of alkyl halides is 20. The van der Waals surface area contributed by atoms with E-state index in [2.05, 4.69) is 4.74 Å². The highest BCUT2D eigenvalue weighted by molar-refractivity contribution is 5.92. The Labute approximate surface area is 288 Å². The molecule has 2 rings (SSSR count). The van der Waals surface area contributed by atoms with E-state index in [0.717, 1.165) is 48.5 Å². The summed E-state index contributed by atoms with van der Waals surface area (Å²) in [6.45, 7) is -3.06. The third-order valence-electron chi connectivity index (χ3n) is 6.99. The summed E-state index contributed by atoms with van der Waals surface area (Å²) in [7, 11) is 0. The normalized spacial score (nSPS) is 14.1. The van der Waals surface area contributed by atoms with Crippen LogP contribution in [0.3, 0.4) is 0 Å². The minimum atomic E-state index is -7.98. The maximum atomic E-state index is 13.9. The summed E-state index contributed by atoms with van der Waals surface area (Å²) in [5.74, 6) is -52.8. The van der Waals surface area contributed by atoms with Crippen molar-refractivity contribution in [3.8, 4) is 11.5 Å². The fourth-order valence-corrected chi connectivity index (χ4v) is 3.82. The predicted octanol–water partition coefficient (Wildman–Crippen LogP) is 10.6. The molecular formula is C29H20F20O5. The van der Waals surface area contributed by atoms with Crippen molar-refractivity contribution >= 4 is 11.9 Å². The summed E-state index contributed by atoms with van der Waals surface area (Å²) < 4.78 is 274. The second-order valence-corrected chi connectivity index (χ2v) is 10.9. The number of ether oxygens (including phenoxy) is 3. The maximum absolute atomic E-state index is 13.9. The van der Waals surface area contributed by atoms with Crippen molar-refractivity contribution in [1.82, 2.24) is 0 Å². The zero-order chi connectivity index (χ0) is 42.0. The van der Waals surface area contributed by atoms with E-state index in [1.807, 2.05) is 0 Å². The summed E-state index contributed by atoms with van der Waals surface area (Å²) in [6, 6.07) is 7.65. The van der Waals surface area contributed by atoms with Gasteiger partial charge < -0.3 is 14.2 Å². The first-order chi connectivity index (χ1) is 24.2. The highest BCUT2D eigenvalue weighted by atomic mass is 19.4. The molecule has 0 heterocycles. The van der Waals surface area contributed by atoms with Crippen LogP contribution in [0.25, 0.3) is 0 Å². The molecule has 0 aromatic heterocycles. The first-order valence-electron chi connectivity index (χ1n) is 14.2. The molecular weight excluding hydrogens is 808 g/mol. The predicted molar refractivity (Wildman–Crippen MR) is 139 cm³/mol. The summed E-state index contributed by atoms with van der Waals surface area (Å²) in [6.07, 6.45) is -18.6. The fraction of sp³-hybridized carbons (Fsp3) is 0.517. The zero-order valence-electron chi connectivity index (χ0n) is 26.0. The Bertz CT molecular complexity index is 1580. The minimum Gasteiger partial charge on any atom is -0.494 e. The topological polar surface area (TPSA) is 61.8 Å². The zero-order valence-corrected chi connectivity index (χ0v) is 26.0. The van der Waals surface area contributed by atoms with Crippen molar-refractivity contribution in [3.63, 3.8) is 0 Å². The van der Waals surface area contributed by atoms with E-state index in [9.17, 15) is 97.4 Å². The average molecular weight is 828 g/mol. The molecule has 306 valence electrons. The van der Waals surface area contributed by atoms with Gasteiger partial charge in [0, 0.05) is 6.42 Å². The fourth-order valence-electron chi connectivity index (χ4n) is 3.82. The Balaban J connectivity index is 1.87. The molecule has 0 aliphatic carbocycles. The maximum Gasteiger partial charge on any atom is 0.460 e. The molecule has 0 unspecified atom stereocenters.